The number of hydrogen-bond donors (Lipinski definition) is 4. The van der Waals surface area contributed by atoms with E-state index in [0.29, 0.717) is 0 Å². The molecule has 0 aliphatic carbocycles. The Morgan fingerprint density at radius 3 is 0.778 bits per heavy atom. The van der Waals surface area contributed by atoms with Gasteiger partial charge < -0.3 is 0 Å². The third kappa shape index (κ3) is 3660. The molecule has 0 saturated carbocycles. The zero-order valence-electron chi connectivity index (χ0n) is 4.13. The summed E-state index contributed by atoms with van der Waals surface area (Å²) in [5, 5.41) is 0. The highest BCUT2D eigenvalue weighted by Gasteiger charge is 1.56. The zero-order valence-corrected chi connectivity index (χ0v) is 6.13. The van der Waals surface area contributed by atoms with Crippen LogP contribution in [0.15, 0.2) is 0 Å². The van der Waals surface area contributed by atoms with Crippen LogP contribution in [0, 0.1) is 0 Å². The first-order valence-electron chi connectivity index (χ1n) is 1.56. The summed E-state index contributed by atoms with van der Waals surface area (Å²) in [7, 11) is -4.26. The zero-order chi connectivity index (χ0) is 7.15. The summed E-state index contributed by atoms with van der Waals surface area (Å²) in [6.07, 6.45) is 0. The summed E-state index contributed by atoms with van der Waals surface area (Å²) < 4.78 is 18.4. The Labute approximate surface area is 55.7 Å². The predicted octanol–water partition coefficient (Wildman–Crippen LogP) is -0.777. The second-order valence-electron chi connectivity index (χ2n) is 0.805. The smallest absolute Gasteiger partial charge is 0.194 e. The molecule has 60 valence electrons. The monoisotopic (exact) mass is 176 g/mol. The predicted molar refractivity (Wildman–Crippen MR) is 41.5 cm³/mol. The van der Waals surface area contributed by atoms with E-state index >= 15 is 0 Å². The van der Waals surface area contributed by atoms with Crippen LogP contribution < -0.4 is 22.0 Å². The molecule has 8 heteroatoms. The highest BCUT2D eigenvalue weighted by molar-refractivity contribution is 7.39. The van der Waals surface area contributed by atoms with Crippen LogP contribution in [0.25, 0.3) is 0 Å². The molecule has 0 aromatic rings. The first-order valence-corrected chi connectivity index (χ1v) is 4.69. The van der Waals surface area contributed by atoms with Gasteiger partial charge in [-0.05, 0) is 0 Å². The molecule has 0 heterocycles. The summed E-state index contributed by atoms with van der Waals surface area (Å²) in [6, 6.07) is 0. The van der Waals surface area contributed by atoms with Crippen LogP contribution in [0.3, 0.4) is 0 Å². The van der Waals surface area contributed by atoms with Crippen LogP contribution in [0.4, 0.5) is 0 Å². The van der Waals surface area contributed by atoms with Crippen LogP contribution in [-0.4, -0.2) is 0 Å². The lowest BCUT2D eigenvalue weighted by molar-refractivity contribution is 0.588. The maximum Gasteiger partial charge on any atom is 0.194 e. The van der Waals surface area contributed by atoms with Crippen molar-refractivity contribution in [1.82, 2.24) is 0 Å². The van der Waals surface area contributed by atoms with Crippen molar-refractivity contribution >= 4 is 16.2 Å². The van der Waals surface area contributed by atoms with Crippen LogP contribution in [0.1, 0.15) is 7.43 Å². The maximum atomic E-state index is 9.19. The lowest BCUT2D eigenvalue weighted by Gasteiger charge is -1.64. The topological polar surface area (TPSA) is 138 Å². The molecule has 0 unspecified atom stereocenters. The van der Waals surface area contributed by atoms with Crippen molar-refractivity contribution in [2.24, 2.45) is 22.0 Å². The Hall–Kier alpha value is 0.300. The lowest BCUT2D eigenvalue weighted by atomic mass is 12.0. The molecule has 8 N–H and O–H groups in total. The SMILES string of the molecule is C.N[PH](N)=O.N[PH](N)=O. The summed E-state index contributed by atoms with van der Waals surface area (Å²) in [6.45, 7) is 0. The van der Waals surface area contributed by atoms with Gasteiger partial charge in [0, 0.05) is 0 Å². The van der Waals surface area contributed by atoms with Gasteiger partial charge in [-0.1, -0.05) is 7.43 Å². The van der Waals surface area contributed by atoms with Crippen molar-refractivity contribution in [2.75, 3.05) is 0 Å². The van der Waals surface area contributed by atoms with Gasteiger partial charge in [0.15, 0.2) is 16.2 Å². The summed E-state index contributed by atoms with van der Waals surface area (Å²) in [5.74, 6) is 0. The Bertz CT molecular complexity index is 74.6. The minimum absolute atomic E-state index is 0. The molecule has 0 aliphatic rings. The highest BCUT2D eigenvalue weighted by Crippen LogP contribution is 1.83. The van der Waals surface area contributed by atoms with Gasteiger partial charge in [0.2, 0.25) is 0 Å². The normalized spacial score (nSPS) is 7.78. The van der Waals surface area contributed by atoms with Crippen molar-refractivity contribution < 1.29 is 9.13 Å². The second kappa shape index (κ2) is 11.1. The van der Waals surface area contributed by atoms with Gasteiger partial charge in [-0.25, -0.2) is 0 Å². The van der Waals surface area contributed by atoms with Gasteiger partial charge in [-0.3, -0.25) is 31.1 Å². The molecule has 0 aromatic heterocycles. The van der Waals surface area contributed by atoms with E-state index in [4.69, 9.17) is 0 Å². The van der Waals surface area contributed by atoms with Gasteiger partial charge in [-0.15, -0.1) is 0 Å². The largest absolute Gasteiger partial charge is 0.293 e. The molecule has 0 rings (SSSR count). The molecule has 0 spiro atoms. The first-order chi connectivity index (χ1) is 3.46. The van der Waals surface area contributed by atoms with Crippen LogP contribution in [0.2, 0.25) is 0 Å². The maximum absolute atomic E-state index is 9.19. The fourth-order valence-electron chi connectivity index (χ4n) is 0. The third-order valence-electron chi connectivity index (χ3n) is 0. The summed E-state index contributed by atoms with van der Waals surface area (Å²) in [5.41, 5.74) is 17.7. The van der Waals surface area contributed by atoms with Crippen molar-refractivity contribution in [3.05, 3.63) is 0 Å². The average molecular weight is 176 g/mol. The molecular formula is CH14N4O2P2. The van der Waals surface area contributed by atoms with Gasteiger partial charge >= 0.3 is 0 Å². The highest BCUT2D eigenvalue weighted by atomic mass is 31.1. The van der Waals surface area contributed by atoms with E-state index in [0.717, 1.165) is 0 Å². The minimum Gasteiger partial charge on any atom is -0.293 e. The fraction of sp³-hybridized carbons (Fsp3) is 1.00. The molecule has 0 fully saturated rings. The Morgan fingerprint density at radius 1 is 0.778 bits per heavy atom. The van der Waals surface area contributed by atoms with Crippen LogP contribution in [0.5, 0.6) is 0 Å². The van der Waals surface area contributed by atoms with E-state index in [1.54, 1.807) is 0 Å². The van der Waals surface area contributed by atoms with E-state index in [1.807, 2.05) is 0 Å². The van der Waals surface area contributed by atoms with Crippen molar-refractivity contribution in [3.8, 4) is 0 Å². The summed E-state index contributed by atoms with van der Waals surface area (Å²) >= 11 is 0. The fourth-order valence-corrected chi connectivity index (χ4v) is 0. The first kappa shape index (κ1) is 16.1. The van der Waals surface area contributed by atoms with E-state index < -0.39 is 16.2 Å². The van der Waals surface area contributed by atoms with Crippen LogP contribution in [-0.2, 0) is 9.13 Å². The quantitative estimate of drug-likeness (QED) is 0.357. The molecular weight excluding hydrogens is 162 g/mol. The molecule has 0 amide bonds. The third-order valence-corrected chi connectivity index (χ3v) is 0. The number of nitrogens with two attached hydrogens (primary N) is 4. The number of rotatable bonds is 0. The van der Waals surface area contributed by atoms with E-state index in [1.165, 1.54) is 0 Å². The van der Waals surface area contributed by atoms with Crippen molar-refractivity contribution in [3.63, 3.8) is 0 Å². The standard InChI is InChI=1S/CH4.2H5N2OP/c;2*1-4(2)3/h1H4;2*4H,(H4,1,2,3). The Kier molecular flexibility index (Phi) is 20.0. The molecule has 6 nitrogen and oxygen atoms in total. The van der Waals surface area contributed by atoms with Gasteiger partial charge in [0.25, 0.3) is 0 Å². The Balaban J connectivity index is -0.0000000720. The van der Waals surface area contributed by atoms with Gasteiger partial charge in [0.05, 0.1) is 0 Å². The second-order valence-corrected chi connectivity index (χ2v) is 2.41. The van der Waals surface area contributed by atoms with Crippen molar-refractivity contribution in [2.45, 2.75) is 7.43 Å². The number of hydrogen-bond acceptors (Lipinski definition) is 2. The van der Waals surface area contributed by atoms with Crippen molar-refractivity contribution in [1.29, 1.82) is 0 Å². The molecule has 0 radical (unpaired) electrons. The average Bonchev–Trinajstić information content (AvgIpc) is 1.25. The summed E-state index contributed by atoms with van der Waals surface area (Å²) in [4.78, 5) is 0. The lowest BCUT2D eigenvalue weighted by Crippen LogP contribution is -1.85. The Morgan fingerprint density at radius 2 is 0.778 bits per heavy atom. The van der Waals surface area contributed by atoms with Crippen LogP contribution >= 0.6 is 16.2 Å². The van der Waals surface area contributed by atoms with Gasteiger partial charge in [-0.2, -0.15) is 0 Å². The molecule has 0 atom stereocenters. The molecule has 9 heavy (non-hydrogen) atoms. The molecule has 0 bridgehead atoms. The van der Waals surface area contributed by atoms with E-state index in [2.05, 4.69) is 22.0 Å². The molecule has 0 saturated heterocycles. The van der Waals surface area contributed by atoms with E-state index in [-0.39, 0.29) is 7.43 Å². The minimum atomic E-state index is -2.13. The van der Waals surface area contributed by atoms with E-state index in [9.17, 15) is 9.13 Å². The molecule has 0 aliphatic heterocycles. The van der Waals surface area contributed by atoms with Gasteiger partial charge in [0.1, 0.15) is 0 Å². The molecule has 0 aromatic carbocycles.